The zero-order valence-electron chi connectivity index (χ0n) is 10.5. The quantitative estimate of drug-likeness (QED) is 0.852. The van der Waals surface area contributed by atoms with Crippen molar-refractivity contribution in [3.8, 4) is 0 Å². The van der Waals surface area contributed by atoms with Crippen LogP contribution < -0.4 is 0 Å². The van der Waals surface area contributed by atoms with Crippen molar-refractivity contribution in [1.82, 2.24) is 14.7 Å². The van der Waals surface area contributed by atoms with Gasteiger partial charge in [-0.05, 0) is 13.8 Å². The Labute approximate surface area is 109 Å². The van der Waals surface area contributed by atoms with Gasteiger partial charge in [0.1, 0.15) is 6.04 Å². The van der Waals surface area contributed by atoms with Crippen LogP contribution in [0.4, 0.5) is 0 Å². The molecule has 1 aromatic rings. The first-order chi connectivity index (χ1) is 8.43. The molecule has 0 aliphatic carbocycles. The van der Waals surface area contributed by atoms with Crippen molar-refractivity contribution in [2.24, 2.45) is 7.05 Å². The second-order valence-corrected chi connectivity index (χ2v) is 5.30. The molecule has 98 valence electrons. The van der Waals surface area contributed by atoms with Crippen LogP contribution in [0, 0.1) is 13.8 Å². The zero-order chi connectivity index (χ0) is 13.4. The van der Waals surface area contributed by atoms with Gasteiger partial charge in [-0.2, -0.15) is 5.10 Å². The second kappa shape index (κ2) is 4.64. The van der Waals surface area contributed by atoms with Crippen LogP contribution in [0.2, 0.25) is 0 Å². The smallest absolute Gasteiger partial charge is 0.327 e. The van der Waals surface area contributed by atoms with Gasteiger partial charge in [-0.3, -0.25) is 9.48 Å². The lowest BCUT2D eigenvalue weighted by atomic mass is 10.1. The molecule has 0 bridgehead atoms. The number of carboxylic acids is 1. The van der Waals surface area contributed by atoms with Crippen LogP contribution in [0.1, 0.15) is 21.7 Å². The number of rotatable bonds is 2. The van der Waals surface area contributed by atoms with E-state index in [2.05, 4.69) is 5.10 Å². The first-order valence-electron chi connectivity index (χ1n) is 5.55. The molecule has 6 nitrogen and oxygen atoms in total. The molecule has 1 amide bonds. The SMILES string of the molecule is Cc1nn(C)c(C)c1C(=O)N1CSCC1C(=O)O. The Morgan fingerprint density at radius 2 is 2.11 bits per heavy atom. The fourth-order valence-electron chi connectivity index (χ4n) is 2.07. The fraction of sp³-hybridized carbons (Fsp3) is 0.545. The predicted octanol–water partition coefficient (Wildman–Crippen LogP) is 0.637. The summed E-state index contributed by atoms with van der Waals surface area (Å²) >= 11 is 1.46. The van der Waals surface area contributed by atoms with Gasteiger partial charge >= 0.3 is 5.97 Å². The molecule has 1 fully saturated rings. The average Bonchev–Trinajstić information content (AvgIpc) is 2.85. The Morgan fingerprint density at radius 1 is 1.44 bits per heavy atom. The van der Waals surface area contributed by atoms with E-state index in [1.807, 2.05) is 6.92 Å². The van der Waals surface area contributed by atoms with Gasteiger partial charge in [-0.25, -0.2) is 4.79 Å². The maximum Gasteiger partial charge on any atom is 0.327 e. The number of thioether (sulfide) groups is 1. The van der Waals surface area contributed by atoms with Gasteiger partial charge in [0, 0.05) is 18.5 Å². The van der Waals surface area contributed by atoms with Crippen molar-refractivity contribution in [3.05, 3.63) is 17.0 Å². The van der Waals surface area contributed by atoms with Crippen LogP contribution in [-0.2, 0) is 11.8 Å². The number of aryl methyl sites for hydroxylation is 2. The standard InChI is InChI=1S/C11H15N3O3S/c1-6-9(7(2)13(3)12-6)10(15)14-5-18-4-8(14)11(16)17/h8H,4-5H2,1-3H3,(H,16,17). The predicted molar refractivity (Wildman–Crippen MR) is 67.6 cm³/mol. The number of carboxylic acid groups (broad SMARTS) is 1. The summed E-state index contributed by atoms with van der Waals surface area (Å²) < 4.78 is 1.64. The summed E-state index contributed by atoms with van der Waals surface area (Å²) in [5.41, 5.74) is 1.92. The monoisotopic (exact) mass is 269 g/mol. The van der Waals surface area contributed by atoms with Crippen LogP contribution in [0.5, 0.6) is 0 Å². The Hall–Kier alpha value is -1.50. The number of nitrogens with zero attached hydrogens (tertiary/aromatic N) is 3. The lowest BCUT2D eigenvalue weighted by molar-refractivity contribution is -0.140. The van der Waals surface area contributed by atoms with Crippen LogP contribution >= 0.6 is 11.8 Å². The van der Waals surface area contributed by atoms with Gasteiger partial charge in [0.15, 0.2) is 0 Å². The first-order valence-corrected chi connectivity index (χ1v) is 6.70. The minimum absolute atomic E-state index is 0.240. The molecule has 0 radical (unpaired) electrons. The maximum absolute atomic E-state index is 12.4. The number of aromatic nitrogens is 2. The van der Waals surface area contributed by atoms with Gasteiger partial charge < -0.3 is 10.0 Å². The molecule has 0 spiro atoms. The van der Waals surface area contributed by atoms with E-state index in [9.17, 15) is 9.59 Å². The number of hydrogen-bond acceptors (Lipinski definition) is 4. The Morgan fingerprint density at radius 3 is 2.61 bits per heavy atom. The molecule has 0 aromatic carbocycles. The molecule has 2 rings (SSSR count). The first kappa shape index (κ1) is 12.9. The molecule has 1 aromatic heterocycles. The lowest BCUT2D eigenvalue weighted by Gasteiger charge is -2.20. The number of amides is 1. The van der Waals surface area contributed by atoms with E-state index in [1.165, 1.54) is 16.7 Å². The molecular weight excluding hydrogens is 254 g/mol. The van der Waals surface area contributed by atoms with E-state index < -0.39 is 12.0 Å². The fourth-order valence-corrected chi connectivity index (χ4v) is 3.22. The third kappa shape index (κ3) is 1.98. The molecule has 2 heterocycles. The minimum atomic E-state index is -0.951. The van der Waals surface area contributed by atoms with E-state index in [0.717, 1.165) is 5.69 Å². The highest BCUT2D eigenvalue weighted by Gasteiger charge is 2.36. The van der Waals surface area contributed by atoms with Gasteiger partial charge in [0.2, 0.25) is 0 Å². The van der Waals surface area contributed by atoms with Crippen molar-refractivity contribution in [1.29, 1.82) is 0 Å². The third-order valence-electron chi connectivity index (χ3n) is 3.15. The normalized spacial score (nSPS) is 19.3. The van der Waals surface area contributed by atoms with Gasteiger partial charge in [0.25, 0.3) is 5.91 Å². The maximum atomic E-state index is 12.4. The molecule has 1 aliphatic rings. The van der Waals surface area contributed by atoms with E-state index >= 15 is 0 Å². The molecule has 1 saturated heterocycles. The molecule has 1 atom stereocenters. The second-order valence-electron chi connectivity index (χ2n) is 4.30. The highest BCUT2D eigenvalue weighted by Crippen LogP contribution is 2.25. The van der Waals surface area contributed by atoms with Crippen molar-refractivity contribution in [2.75, 3.05) is 11.6 Å². The van der Waals surface area contributed by atoms with E-state index in [1.54, 1.807) is 18.7 Å². The molecular formula is C11H15N3O3S. The summed E-state index contributed by atoms with van der Waals surface area (Å²) in [7, 11) is 1.77. The molecule has 1 aliphatic heterocycles. The number of carbonyl (C=O) groups is 2. The highest BCUT2D eigenvalue weighted by atomic mass is 32.2. The van der Waals surface area contributed by atoms with Crippen molar-refractivity contribution < 1.29 is 14.7 Å². The Balaban J connectivity index is 2.34. The largest absolute Gasteiger partial charge is 0.480 e. The molecule has 7 heteroatoms. The van der Waals surface area contributed by atoms with E-state index in [0.29, 0.717) is 22.9 Å². The zero-order valence-corrected chi connectivity index (χ0v) is 11.3. The molecule has 18 heavy (non-hydrogen) atoms. The number of aliphatic carboxylic acids is 1. The van der Waals surface area contributed by atoms with Gasteiger partial charge in [-0.15, -0.1) is 11.8 Å². The van der Waals surface area contributed by atoms with Crippen LogP contribution in [-0.4, -0.2) is 49.3 Å². The van der Waals surface area contributed by atoms with Crippen molar-refractivity contribution in [3.63, 3.8) is 0 Å². The van der Waals surface area contributed by atoms with Crippen molar-refractivity contribution >= 4 is 23.6 Å². The van der Waals surface area contributed by atoms with Crippen molar-refractivity contribution in [2.45, 2.75) is 19.9 Å². The Kier molecular flexibility index (Phi) is 3.34. The van der Waals surface area contributed by atoms with Gasteiger partial charge in [0.05, 0.1) is 17.1 Å². The summed E-state index contributed by atoms with van der Waals surface area (Å²) in [5, 5.41) is 13.3. The van der Waals surface area contributed by atoms with E-state index in [-0.39, 0.29) is 5.91 Å². The summed E-state index contributed by atoms with van der Waals surface area (Å²) in [5.74, 6) is -0.328. The summed E-state index contributed by atoms with van der Waals surface area (Å²) in [6.07, 6.45) is 0. The highest BCUT2D eigenvalue weighted by molar-refractivity contribution is 7.99. The minimum Gasteiger partial charge on any atom is -0.480 e. The molecule has 0 saturated carbocycles. The lowest BCUT2D eigenvalue weighted by Crippen LogP contribution is -2.42. The summed E-state index contributed by atoms with van der Waals surface area (Å²) in [6.45, 7) is 3.57. The molecule has 1 N–H and O–H groups in total. The van der Waals surface area contributed by atoms with Crippen LogP contribution in [0.25, 0.3) is 0 Å². The topological polar surface area (TPSA) is 75.4 Å². The van der Waals surface area contributed by atoms with Crippen LogP contribution in [0.15, 0.2) is 0 Å². The Bertz CT molecular complexity index is 512. The molecule has 1 unspecified atom stereocenters. The summed E-state index contributed by atoms with van der Waals surface area (Å²) in [4.78, 5) is 24.9. The number of hydrogen-bond donors (Lipinski definition) is 1. The van der Waals surface area contributed by atoms with Gasteiger partial charge in [-0.1, -0.05) is 0 Å². The third-order valence-corrected chi connectivity index (χ3v) is 4.16. The average molecular weight is 269 g/mol. The number of carbonyl (C=O) groups excluding carboxylic acids is 1. The van der Waals surface area contributed by atoms with E-state index in [4.69, 9.17) is 5.11 Å². The van der Waals surface area contributed by atoms with Crippen LogP contribution in [0.3, 0.4) is 0 Å². The summed E-state index contributed by atoms with van der Waals surface area (Å²) in [6, 6.07) is -0.735.